The van der Waals surface area contributed by atoms with E-state index in [4.69, 9.17) is 0 Å². The first-order chi connectivity index (χ1) is 18.5. The Morgan fingerprint density at radius 1 is 0.474 bits per heavy atom. The average molecular weight is 503 g/mol. The van der Waals surface area contributed by atoms with E-state index in [0.29, 0.717) is 11.8 Å². The molecule has 5 aromatic rings. The minimum absolute atomic E-state index is 0.510. The molecule has 0 radical (unpaired) electrons. The Morgan fingerprint density at radius 2 is 0.947 bits per heavy atom. The van der Waals surface area contributed by atoms with Crippen LogP contribution in [-0.4, -0.2) is 0 Å². The number of aryl methyl sites for hydroxylation is 1. The Balaban J connectivity index is 1.53. The van der Waals surface area contributed by atoms with Gasteiger partial charge in [-0.05, 0) is 121 Å². The number of rotatable bonds is 11. The second-order valence-corrected chi connectivity index (χ2v) is 12.2. The highest BCUT2D eigenvalue weighted by Crippen LogP contribution is 2.39. The maximum Gasteiger partial charge on any atom is -0.0140 e. The van der Waals surface area contributed by atoms with Crippen LogP contribution >= 0.6 is 0 Å². The van der Waals surface area contributed by atoms with E-state index in [1.165, 1.54) is 101 Å². The van der Waals surface area contributed by atoms with Gasteiger partial charge in [-0.25, -0.2) is 0 Å². The van der Waals surface area contributed by atoms with Gasteiger partial charge in [0.25, 0.3) is 0 Å². The van der Waals surface area contributed by atoms with Gasteiger partial charge in [0.15, 0.2) is 0 Å². The molecule has 0 saturated heterocycles. The fraction of sp³-hybridized carbons (Fsp3) is 0.421. The molecule has 0 heteroatoms. The summed E-state index contributed by atoms with van der Waals surface area (Å²) < 4.78 is 0. The van der Waals surface area contributed by atoms with Gasteiger partial charge in [0.05, 0.1) is 0 Å². The van der Waals surface area contributed by atoms with Crippen LogP contribution in [0.25, 0.3) is 43.1 Å². The highest BCUT2D eigenvalue weighted by Gasteiger charge is 2.19. The van der Waals surface area contributed by atoms with Crippen LogP contribution in [0.15, 0.2) is 66.7 Å². The van der Waals surface area contributed by atoms with E-state index in [1.54, 1.807) is 16.7 Å². The van der Waals surface area contributed by atoms with Gasteiger partial charge in [-0.1, -0.05) is 110 Å². The Labute approximate surface area is 230 Å². The molecule has 5 aromatic carbocycles. The second-order valence-electron chi connectivity index (χ2n) is 12.2. The molecule has 0 N–H and O–H groups in total. The summed E-state index contributed by atoms with van der Waals surface area (Å²) in [6, 6.07) is 25.7. The lowest BCUT2D eigenvalue weighted by Crippen LogP contribution is -2.06. The standard InChI is InChI=1S/C38H46/c1-6-7-8-9-10-11-12-13-18-30-21-35-24-33-22-31-19-28-16-14-15-17-29(28)20-32(31)23-34(33)25-36(35)38(27(4)5)37(30)26(2)3/h14-17,19-27H,6-13,18H2,1-5H3. The zero-order valence-electron chi connectivity index (χ0n) is 24.4. The summed E-state index contributed by atoms with van der Waals surface area (Å²) in [5.41, 5.74) is 4.78. The Bertz CT molecular complexity index is 1550. The Kier molecular flexibility index (Phi) is 8.37. The SMILES string of the molecule is CCCCCCCCCCc1cc2cc3cc4cc5ccccc5cc4cc3cc2c(C(C)C)c1C(C)C. The lowest BCUT2D eigenvalue weighted by molar-refractivity contribution is 0.574. The van der Waals surface area contributed by atoms with E-state index < -0.39 is 0 Å². The van der Waals surface area contributed by atoms with Crippen LogP contribution in [0.1, 0.15) is 115 Å². The van der Waals surface area contributed by atoms with E-state index in [2.05, 4.69) is 101 Å². The first-order valence-corrected chi connectivity index (χ1v) is 15.3. The first kappa shape index (κ1) is 26.7. The van der Waals surface area contributed by atoms with Crippen molar-refractivity contribution in [1.29, 1.82) is 0 Å². The summed E-state index contributed by atoms with van der Waals surface area (Å²) in [6.07, 6.45) is 12.2. The molecule has 0 aromatic heterocycles. The zero-order chi connectivity index (χ0) is 26.6. The fourth-order valence-electron chi connectivity index (χ4n) is 6.66. The molecule has 0 saturated carbocycles. The van der Waals surface area contributed by atoms with Gasteiger partial charge >= 0.3 is 0 Å². The van der Waals surface area contributed by atoms with E-state index in [0.717, 1.165) is 0 Å². The van der Waals surface area contributed by atoms with Crippen LogP contribution in [0, 0.1) is 0 Å². The van der Waals surface area contributed by atoms with Gasteiger partial charge in [0, 0.05) is 0 Å². The summed E-state index contributed by atoms with van der Waals surface area (Å²) in [5, 5.41) is 10.9. The van der Waals surface area contributed by atoms with Crippen molar-refractivity contribution in [2.45, 2.75) is 104 Å². The monoisotopic (exact) mass is 502 g/mol. The number of unbranched alkanes of at least 4 members (excludes halogenated alkanes) is 7. The van der Waals surface area contributed by atoms with Gasteiger partial charge < -0.3 is 0 Å². The maximum absolute atomic E-state index is 2.54. The molecule has 0 fully saturated rings. The van der Waals surface area contributed by atoms with Crippen LogP contribution in [0.4, 0.5) is 0 Å². The molecule has 0 atom stereocenters. The van der Waals surface area contributed by atoms with E-state index in [-0.39, 0.29) is 0 Å². The number of fused-ring (bicyclic) bond motifs is 4. The average Bonchev–Trinajstić information content (AvgIpc) is 2.90. The highest BCUT2D eigenvalue weighted by molar-refractivity contribution is 6.08. The fourth-order valence-corrected chi connectivity index (χ4v) is 6.66. The van der Waals surface area contributed by atoms with Crippen LogP contribution in [0.5, 0.6) is 0 Å². The Hall–Kier alpha value is -2.86. The third-order valence-corrected chi connectivity index (χ3v) is 8.54. The second kappa shape index (κ2) is 11.9. The van der Waals surface area contributed by atoms with Crippen molar-refractivity contribution in [2.75, 3.05) is 0 Å². The van der Waals surface area contributed by atoms with Gasteiger partial charge in [-0.15, -0.1) is 0 Å². The maximum atomic E-state index is 2.54. The van der Waals surface area contributed by atoms with Crippen molar-refractivity contribution < 1.29 is 0 Å². The van der Waals surface area contributed by atoms with E-state index in [9.17, 15) is 0 Å². The summed E-state index contributed by atoms with van der Waals surface area (Å²) in [6.45, 7) is 11.9. The minimum Gasteiger partial charge on any atom is -0.0654 e. The molecule has 0 aliphatic rings. The van der Waals surface area contributed by atoms with Crippen LogP contribution < -0.4 is 0 Å². The van der Waals surface area contributed by atoms with Crippen molar-refractivity contribution in [3.63, 3.8) is 0 Å². The summed E-state index contributed by atoms with van der Waals surface area (Å²) >= 11 is 0. The van der Waals surface area contributed by atoms with Gasteiger partial charge in [-0.3, -0.25) is 0 Å². The van der Waals surface area contributed by atoms with Crippen LogP contribution in [0.3, 0.4) is 0 Å². The normalized spacial score (nSPS) is 12.2. The molecule has 0 amide bonds. The zero-order valence-corrected chi connectivity index (χ0v) is 24.4. The molecule has 0 aliphatic carbocycles. The van der Waals surface area contributed by atoms with Crippen molar-refractivity contribution in [2.24, 2.45) is 0 Å². The number of benzene rings is 5. The third kappa shape index (κ3) is 5.61. The molecule has 38 heavy (non-hydrogen) atoms. The predicted octanol–water partition coefficient (Wildman–Crippen LogP) is 12.2. The largest absolute Gasteiger partial charge is 0.0654 e. The summed E-state index contributed by atoms with van der Waals surface area (Å²) in [4.78, 5) is 0. The van der Waals surface area contributed by atoms with Crippen molar-refractivity contribution >= 4 is 43.1 Å². The molecule has 0 bridgehead atoms. The molecule has 0 nitrogen and oxygen atoms in total. The number of hydrogen-bond donors (Lipinski definition) is 0. The lowest BCUT2D eigenvalue weighted by Gasteiger charge is -2.24. The summed E-state index contributed by atoms with van der Waals surface area (Å²) in [5.74, 6) is 1.05. The van der Waals surface area contributed by atoms with Crippen LogP contribution in [0.2, 0.25) is 0 Å². The minimum atomic E-state index is 0.510. The smallest absolute Gasteiger partial charge is 0.0140 e. The molecule has 5 rings (SSSR count). The van der Waals surface area contributed by atoms with Gasteiger partial charge in [0.2, 0.25) is 0 Å². The quantitative estimate of drug-likeness (QED) is 0.124. The summed E-state index contributed by atoms with van der Waals surface area (Å²) in [7, 11) is 0. The Morgan fingerprint density at radius 3 is 1.50 bits per heavy atom. The van der Waals surface area contributed by atoms with E-state index >= 15 is 0 Å². The molecule has 0 unspecified atom stereocenters. The number of hydrogen-bond acceptors (Lipinski definition) is 0. The first-order valence-electron chi connectivity index (χ1n) is 15.3. The third-order valence-electron chi connectivity index (χ3n) is 8.54. The van der Waals surface area contributed by atoms with Crippen molar-refractivity contribution in [3.05, 3.63) is 83.4 Å². The molecule has 198 valence electrons. The van der Waals surface area contributed by atoms with Crippen LogP contribution in [-0.2, 0) is 6.42 Å². The molecular weight excluding hydrogens is 456 g/mol. The predicted molar refractivity (Wildman–Crippen MR) is 171 cm³/mol. The van der Waals surface area contributed by atoms with Gasteiger partial charge in [-0.2, -0.15) is 0 Å². The van der Waals surface area contributed by atoms with Crippen molar-refractivity contribution in [3.8, 4) is 0 Å². The highest BCUT2D eigenvalue weighted by atomic mass is 14.2. The lowest BCUT2D eigenvalue weighted by atomic mass is 9.81. The van der Waals surface area contributed by atoms with Crippen molar-refractivity contribution in [1.82, 2.24) is 0 Å². The topological polar surface area (TPSA) is 0 Å². The van der Waals surface area contributed by atoms with Gasteiger partial charge in [0.1, 0.15) is 0 Å². The van der Waals surface area contributed by atoms with E-state index in [1.807, 2.05) is 0 Å². The molecule has 0 aliphatic heterocycles. The molecule has 0 spiro atoms. The molecule has 0 heterocycles. The molecular formula is C38H46.